The van der Waals surface area contributed by atoms with Crippen molar-refractivity contribution < 1.29 is 23.7 Å². The fourth-order valence-corrected chi connectivity index (χ4v) is 2.38. The van der Waals surface area contributed by atoms with E-state index in [2.05, 4.69) is 5.32 Å². The highest BCUT2D eigenvalue weighted by atomic mass is 16.6. The molecule has 0 radical (unpaired) electrons. The zero-order valence-corrected chi connectivity index (χ0v) is 15.1. The Kier molecular flexibility index (Phi) is 11.4. The normalized spacial score (nSPS) is 16.0. The van der Waals surface area contributed by atoms with Gasteiger partial charge in [0.05, 0.1) is 19.8 Å². The molecule has 1 aliphatic rings. The Labute approximate surface area is 149 Å². The quantitative estimate of drug-likeness (QED) is 0.247. The third kappa shape index (κ3) is 8.68. The Morgan fingerprint density at radius 2 is 1.92 bits per heavy atom. The van der Waals surface area contributed by atoms with Gasteiger partial charge in [-0.15, -0.1) is 0 Å². The third-order valence-corrected chi connectivity index (χ3v) is 3.65. The molecule has 1 rings (SSSR count). The fraction of sp³-hybridized carbons (Fsp3) is 0.667. The minimum atomic E-state index is -0.593. The Hall–Kier alpha value is -1.88. The standard InChI is InChI=1S/C18H28N2O5/c1-22-8-4-7-20-16-6-3-5-15(13-16)17(14-19)18(21)25-12-11-24-10-9-23-2/h13,20H,3-12H2,1-2H3/b17-15-. The molecule has 0 aromatic carbocycles. The smallest absolute Gasteiger partial charge is 0.349 e. The lowest BCUT2D eigenvalue weighted by Gasteiger charge is -2.18. The predicted octanol–water partition coefficient (Wildman–Crippen LogP) is 1.71. The largest absolute Gasteiger partial charge is 0.459 e. The van der Waals surface area contributed by atoms with Gasteiger partial charge in [0.1, 0.15) is 18.2 Å². The van der Waals surface area contributed by atoms with E-state index in [0.29, 0.717) is 26.2 Å². The molecule has 0 fully saturated rings. The molecule has 0 atom stereocenters. The molecule has 0 spiro atoms. The van der Waals surface area contributed by atoms with Gasteiger partial charge in [0.25, 0.3) is 0 Å². The van der Waals surface area contributed by atoms with Crippen LogP contribution in [0.5, 0.6) is 0 Å². The molecule has 0 aliphatic heterocycles. The summed E-state index contributed by atoms with van der Waals surface area (Å²) in [4.78, 5) is 12.1. The number of rotatable bonds is 12. The summed E-state index contributed by atoms with van der Waals surface area (Å²) in [5.41, 5.74) is 1.85. The van der Waals surface area contributed by atoms with Crippen molar-refractivity contribution in [1.29, 1.82) is 5.26 Å². The summed E-state index contributed by atoms with van der Waals surface area (Å²) in [6, 6.07) is 1.98. The number of nitriles is 1. The first-order chi connectivity index (χ1) is 12.2. The molecule has 0 aromatic rings. The number of hydrogen-bond donors (Lipinski definition) is 1. The van der Waals surface area contributed by atoms with Crippen molar-refractivity contribution in [2.24, 2.45) is 0 Å². The zero-order valence-electron chi connectivity index (χ0n) is 15.1. The molecule has 7 nitrogen and oxygen atoms in total. The monoisotopic (exact) mass is 352 g/mol. The molecule has 0 unspecified atom stereocenters. The lowest BCUT2D eigenvalue weighted by Crippen LogP contribution is -2.19. The lowest BCUT2D eigenvalue weighted by atomic mass is 9.95. The first kappa shape index (κ1) is 21.2. The van der Waals surface area contributed by atoms with Crippen LogP contribution in [-0.2, 0) is 23.7 Å². The number of nitrogens with one attached hydrogen (secondary N) is 1. The SMILES string of the molecule is COCCCNC1=C/C(=C(/C#N)C(=O)OCCOCCOC)CCC1. The van der Waals surface area contributed by atoms with Crippen LogP contribution < -0.4 is 5.32 Å². The number of carbonyl (C=O) groups excluding carboxylic acids is 1. The molecule has 1 N–H and O–H groups in total. The highest BCUT2D eigenvalue weighted by Crippen LogP contribution is 2.24. The van der Waals surface area contributed by atoms with Gasteiger partial charge < -0.3 is 24.3 Å². The summed E-state index contributed by atoms with van der Waals surface area (Å²) in [5, 5.41) is 12.7. The van der Waals surface area contributed by atoms with Crippen LogP contribution in [0.4, 0.5) is 0 Å². The van der Waals surface area contributed by atoms with Crippen molar-refractivity contribution in [2.45, 2.75) is 25.7 Å². The molecule has 0 saturated carbocycles. The van der Waals surface area contributed by atoms with Crippen molar-refractivity contribution >= 4 is 5.97 Å². The van der Waals surface area contributed by atoms with Gasteiger partial charge in [0, 0.05) is 33.1 Å². The lowest BCUT2D eigenvalue weighted by molar-refractivity contribution is -0.140. The van der Waals surface area contributed by atoms with Crippen LogP contribution in [0.15, 0.2) is 22.9 Å². The van der Waals surface area contributed by atoms with Crippen LogP contribution >= 0.6 is 0 Å². The molecule has 1 aliphatic carbocycles. The van der Waals surface area contributed by atoms with Gasteiger partial charge in [-0.3, -0.25) is 0 Å². The van der Waals surface area contributed by atoms with Crippen LogP contribution in [0, 0.1) is 11.3 Å². The van der Waals surface area contributed by atoms with Crippen molar-refractivity contribution in [3.8, 4) is 6.07 Å². The summed E-state index contributed by atoms with van der Waals surface area (Å²) < 4.78 is 20.2. The van der Waals surface area contributed by atoms with E-state index < -0.39 is 5.97 Å². The fourth-order valence-electron chi connectivity index (χ4n) is 2.38. The number of allylic oxidation sites excluding steroid dienone is 3. The average molecular weight is 352 g/mol. The number of nitrogens with zero attached hydrogens (tertiary/aromatic N) is 1. The van der Waals surface area contributed by atoms with Gasteiger partial charge in [0.15, 0.2) is 0 Å². The molecule has 0 amide bonds. The Morgan fingerprint density at radius 3 is 2.64 bits per heavy atom. The van der Waals surface area contributed by atoms with Gasteiger partial charge in [-0.1, -0.05) is 0 Å². The number of methoxy groups -OCH3 is 2. The second kappa shape index (κ2) is 13.4. The highest BCUT2D eigenvalue weighted by molar-refractivity contribution is 5.94. The van der Waals surface area contributed by atoms with Crippen LogP contribution in [0.3, 0.4) is 0 Å². The number of hydrogen-bond acceptors (Lipinski definition) is 7. The van der Waals surface area contributed by atoms with E-state index in [1.807, 2.05) is 12.1 Å². The maximum absolute atomic E-state index is 12.1. The van der Waals surface area contributed by atoms with E-state index in [0.717, 1.165) is 37.1 Å². The van der Waals surface area contributed by atoms with Gasteiger partial charge in [-0.05, 0) is 37.3 Å². The molecule has 7 heteroatoms. The minimum Gasteiger partial charge on any atom is -0.459 e. The van der Waals surface area contributed by atoms with E-state index in [4.69, 9.17) is 18.9 Å². The zero-order chi connectivity index (χ0) is 18.3. The second-order valence-corrected chi connectivity index (χ2v) is 5.55. The maximum atomic E-state index is 12.1. The van der Waals surface area contributed by atoms with Gasteiger partial charge in [-0.2, -0.15) is 5.26 Å². The second-order valence-electron chi connectivity index (χ2n) is 5.55. The predicted molar refractivity (Wildman–Crippen MR) is 92.7 cm³/mol. The number of ether oxygens (including phenoxy) is 4. The molecular formula is C18H28N2O5. The highest BCUT2D eigenvalue weighted by Gasteiger charge is 2.18. The molecule has 0 aromatic heterocycles. The topological polar surface area (TPSA) is 89.8 Å². The maximum Gasteiger partial charge on any atom is 0.349 e. The van der Waals surface area contributed by atoms with Crippen molar-refractivity contribution in [1.82, 2.24) is 5.32 Å². The van der Waals surface area contributed by atoms with Crippen LogP contribution in [0.2, 0.25) is 0 Å². The molecule has 0 saturated heterocycles. The third-order valence-electron chi connectivity index (χ3n) is 3.65. The number of esters is 1. The van der Waals surface area contributed by atoms with Crippen molar-refractivity contribution in [2.75, 3.05) is 53.8 Å². The van der Waals surface area contributed by atoms with E-state index in [1.54, 1.807) is 14.2 Å². The van der Waals surface area contributed by atoms with E-state index in [1.165, 1.54) is 0 Å². The van der Waals surface area contributed by atoms with Crippen molar-refractivity contribution in [3.63, 3.8) is 0 Å². The summed E-state index contributed by atoms with van der Waals surface area (Å²) in [5.74, 6) is -0.593. The Balaban J connectivity index is 2.53. The first-order valence-corrected chi connectivity index (χ1v) is 8.53. The van der Waals surface area contributed by atoms with E-state index in [-0.39, 0.29) is 18.8 Å². The molecule has 25 heavy (non-hydrogen) atoms. The average Bonchev–Trinajstić information content (AvgIpc) is 2.63. The summed E-state index contributed by atoms with van der Waals surface area (Å²) in [6.45, 7) is 2.84. The van der Waals surface area contributed by atoms with Crippen LogP contribution in [-0.4, -0.2) is 59.8 Å². The molecule has 140 valence electrons. The summed E-state index contributed by atoms with van der Waals surface area (Å²) in [6.07, 6.45) is 5.31. The van der Waals surface area contributed by atoms with Crippen LogP contribution in [0.25, 0.3) is 0 Å². The van der Waals surface area contributed by atoms with E-state index in [9.17, 15) is 10.1 Å². The van der Waals surface area contributed by atoms with Gasteiger partial charge in [0.2, 0.25) is 0 Å². The summed E-state index contributed by atoms with van der Waals surface area (Å²) in [7, 11) is 3.27. The minimum absolute atomic E-state index is 0.0767. The van der Waals surface area contributed by atoms with Gasteiger partial charge >= 0.3 is 5.97 Å². The van der Waals surface area contributed by atoms with Crippen molar-refractivity contribution in [3.05, 3.63) is 22.9 Å². The number of carbonyl (C=O) groups is 1. The van der Waals surface area contributed by atoms with Crippen LogP contribution in [0.1, 0.15) is 25.7 Å². The molecule has 0 bridgehead atoms. The van der Waals surface area contributed by atoms with Gasteiger partial charge in [-0.25, -0.2) is 4.79 Å². The van der Waals surface area contributed by atoms with E-state index >= 15 is 0 Å². The molecule has 0 heterocycles. The Bertz CT molecular complexity index is 508. The Morgan fingerprint density at radius 1 is 1.16 bits per heavy atom. The first-order valence-electron chi connectivity index (χ1n) is 8.53. The summed E-state index contributed by atoms with van der Waals surface area (Å²) >= 11 is 0. The molecular weight excluding hydrogens is 324 g/mol.